The summed E-state index contributed by atoms with van der Waals surface area (Å²) in [6.45, 7) is 0. The molecular formula is C5H3BrF3NO. The Balaban J connectivity index is 3.02. The second-order valence-corrected chi connectivity index (χ2v) is 2.32. The minimum atomic E-state index is -4.44. The maximum Gasteiger partial charge on any atom is 0.451 e. The van der Waals surface area contributed by atoms with Crippen LogP contribution in [-0.4, -0.2) is 4.98 Å². The number of alkyl halides is 4. The Kier molecular flexibility index (Phi) is 2.22. The van der Waals surface area contributed by atoms with Crippen LogP contribution >= 0.6 is 15.9 Å². The van der Waals surface area contributed by atoms with Crippen LogP contribution in [0.4, 0.5) is 13.2 Å². The van der Waals surface area contributed by atoms with E-state index in [0.717, 1.165) is 6.39 Å². The minimum absolute atomic E-state index is 0.0400. The summed E-state index contributed by atoms with van der Waals surface area (Å²) >= 11 is 2.86. The predicted molar refractivity (Wildman–Crippen MR) is 34.1 cm³/mol. The van der Waals surface area contributed by atoms with Crippen molar-refractivity contribution in [2.75, 3.05) is 0 Å². The second kappa shape index (κ2) is 2.84. The molecule has 0 amide bonds. The molecule has 0 aliphatic rings. The fraction of sp³-hybridized carbons (Fsp3) is 0.400. The lowest BCUT2D eigenvalue weighted by Crippen LogP contribution is -2.05. The van der Waals surface area contributed by atoms with E-state index in [-0.39, 0.29) is 11.0 Å². The van der Waals surface area contributed by atoms with Gasteiger partial charge in [-0.15, -0.1) is 0 Å². The molecule has 0 saturated heterocycles. The summed E-state index contributed by atoms with van der Waals surface area (Å²) in [5.41, 5.74) is -0.127. The van der Waals surface area contributed by atoms with Crippen LogP contribution in [0.1, 0.15) is 11.5 Å². The Bertz CT molecular complexity index is 244. The van der Waals surface area contributed by atoms with E-state index in [1.165, 1.54) is 0 Å². The zero-order chi connectivity index (χ0) is 8.48. The van der Waals surface area contributed by atoms with Crippen LogP contribution in [0.2, 0.25) is 0 Å². The molecule has 0 fully saturated rings. The Morgan fingerprint density at radius 1 is 1.55 bits per heavy atom. The van der Waals surface area contributed by atoms with Crippen molar-refractivity contribution in [3.8, 4) is 0 Å². The van der Waals surface area contributed by atoms with Gasteiger partial charge < -0.3 is 4.42 Å². The van der Waals surface area contributed by atoms with Crippen molar-refractivity contribution in [1.29, 1.82) is 0 Å². The first-order valence-electron chi connectivity index (χ1n) is 2.61. The summed E-state index contributed by atoms with van der Waals surface area (Å²) in [7, 11) is 0. The summed E-state index contributed by atoms with van der Waals surface area (Å²) < 4.78 is 39.9. The molecule has 0 aliphatic heterocycles. The van der Waals surface area contributed by atoms with Crippen molar-refractivity contribution in [3.63, 3.8) is 0 Å². The smallest absolute Gasteiger partial charge is 0.439 e. The summed E-state index contributed by atoms with van der Waals surface area (Å²) in [5.74, 6) is -1.03. The van der Waals surface area contributed by atoms with E-state index in [4.69, 9.17) is 0 Å². The molecule has 0 aromatic carbocycles. The molecule has 6 heteroatoms. The highest BCUT2D eigenvalue weighted by atomic mass is 79.9. The number of aromatic nitrogens is 1. The lowest BCUT2D eigenvalue weighted by molar-refractivity contribution is -0.153. The molecule has 2 nitrogen and oxygen atoms in total. The second-order valence-electron chi connectivity index (χ2n) is 1.76. The zero-order valence-corrected chi connectivity index (χ0v) is 6.74. The van der Waals surface area contributed by atoms with Crippen molar-refractivity contribution < 1.29 is 17.6 Å². The Morgan fingerprint density at radius 3 is 2.55 bits per heavy atom. The SMILES string of the molecule is FC(F)(F)c1ocnc1CBr. The molecule has 0 spiro atoms. The van der Waals surface area contributed by atoms with Crippen LogP contribution < -0.4 is 0 Å². The molecule has 0 radical (unpaired) electrons. The van der Waals surface area contributed by atoms with Gasteiger partial charge in [0.05, 0.1) is 0 Å². The number of rotatable bonds is 1. The Morgan fingerprint density at radius 2 is 2.18 bits per heavy atom. The van der Waals surface area contributed by atoms with Gasteiger partial charge in [-0.3, -0.25) is 0 Å². The largest absolute Gasteiger partial charge is 0.451 e. The highest BCUT2D eigenvalue weighted by molar-refractivity contribution is 9.08. The first kappa shape index (κ1) is 8.58. The van der Waals surface area contributed by atoms with E-state index in [0.29, 0.717) is 0 Å². The van der Waals surface area contributed by atoms with Crippen molar-refractivity contribution in [1.82, 2.24) is 4.98 Å². The fourth-order valence-electron chi connectivity index (χ4n) is 0.595. The standard InChI is InChI=1S/C5H3BrF3NO/c6-1-3-4(5(7,8)9)11-2-10-3/h2H,1H2. The van der Waals surface area contributed by atoms with E-state index < -0.39 is 11.9 Å². The van der Waals surface area contributed by atoms with Crippen LogP contribution in [0.5, 0.6) is 0 Å². The van der Waals surface area contributed by atoms with Gasteiger partial charge in [-0.05, 0) is 0 Å². The first-order chi connectivity index (χ1) is 5.05. The third-order valence-corrected chi connectivity index (χ3v) is 1.56. The summed E-state index contributed by atoms with van der Waals surface area (Å²) in [4.78, 5) is 3.37. The third kappa shape index (κ3) is 1.74. The number of oxazole rings is 1. The van der Waals surface area contributed by atoms with Gasteiger partial charge in [0.15, 0.2) is 6.39 Å². The predicted octanol–water partition coefficient (Wildman–Crippen LogP) is 2.59. The number of nitrogens with zero attached hydrogens (tertiary/aromatic N) is 1. The van der Waals surface area contributed by atoms with Gasteiger partial charge >= 0.3 is 6.18 Å². The molecule has 0 atom stereocenters. The monoisotopic (exact) mass is 229 g/mol. The van der Waals surface area contributed by atoms with Gasteiger partial charge in [-0.1, -0.05) is 15.9 Å². The van der Waals surface area contributed by atoms with Crippen molar-refractivity contribution in [2.24, 2.45) is 0 Å². The Labute approximate surface area is 68.5 Å². The fourth-order valence-corrected chi connectivity index (χ4v) is 0.994. The molecule has 0 bridgehead atoms. The van der Waals surface area contributed by atoms with Gasteiger partial charge in [-0.2, -0.15) is 13.2 Å². The molecular weight excluding hydrogens is 227 g/mol. The molecule has 1 heterocycles. The summed E-state index contributed by atoms with van der Waals surface area (Å²) in [6.07, 6.45) is -3.67. The molecule has 1 aromatic heterocycles. The minimum Gasteiger partial charge on any atom is -0.439 e. The molecule has 1 aromatic rings. The van der Waals surface area contributed by atoms with Crippen LogP contribution in [0.3, 0.4) is 0 Å². The summed E-state index contributed by atoms with van der Waals surface area (Å²) in [5, 5.41) is 0.0400. The zero-order valence-electron chi connectivity index (χ0n) is 5.15. The molecule has 1 rings (SSSR count). The quantitative estimate of drug-likeness (QED) is 0.693. The molecule has 0 N–H and O–H groups in total. The van der Waals surface area contributed by atoms with E-state index in [1.807, 2.05) is 0 Å². The number of halogens is 4. The van der Waals surface area contributed by atoms with Crippen LogP contribution in [0, 0.1) is 0 Å². The lowest BCUT2D eigenvalue weighted by Gasteiger charge is -2.01. The Hall–Kier alpha value is -0.520. The maximum atomic E-state index is 11.9. The number of hydrogen-bond donors (Lipinski definition) is 0. The molecule has 11 heavy (non-hydrogen) atoms. The molecule has 0 saturated carbocycles. The normalized spacial score (nSPS) is 12.0. The first-order valence-corrected chi connectivity index (χ1v) is 3.73. The lowest BCUT2D eigenvalue weighted by atomic mass is 10.4. The van der Waals surface area contributed by atoms with Crippen LogP contribution in [0.25, 0.3) is 0 Å². The molecule has 0 aliphatic carbocycles. The summed E-state index contributed by atoms with van der Waals surface area (Å²) in [6, 6.07) is 0. The van der Waals surface area contributed by atoms with E-state index >= 15 is 0 Å². The average molecular weight is 230 g/mol. The van der Waals surface area contributed by atoms with Crippen molar-refractivity contribution in [3.05, 3.63) is 17.8 Å². The number of hydrogen-bond acceptors (Lipinski definition) is 2. The highest BCUT2D eigenvalue weighted by Gasteiger charge is 2.37. The van der Waals surface area contributed by atoms with E-state index in [2.05, 4.69) is 25.3 Å². The topological polar surface area (TPSA) is 26.0 Å². The highest BCUT2D eigenvalue weighted by Crippen LogP contribution is 2.32. The third-order valence-electron chi connectivity index (χ3n) is 1.03. The van der Waals surface area contributed by atoms with Gasteiger partial charge in [-0.25, -0.2) is 4.98 Å². The van der Waals surface area contributed by atoms with Gasteiger partial charge in [0.2, 0.25) is 5.76 Å². The van der Waals surface area contributed by atoms with E-state index in [1.54, 1.807) is 0 Å². The van der Waals surface area contributed by atoms with Crippen molar-refractivity contribution >= 4 is 15.9 Å². The van der Waals surface area contributed by atoms with Gasteiger partial charge in [0, 0.05) is 5.33 Å². The van der Waals surface area contributed by atoms with Gasteiger partial charge in [0.25, 0.3) is 0 Å². The molecule has 0 unspecified atom stereocenters. The van der Waals surface area contributed by atoms with Crippen LogP contribution in [-0.2, 0) is 11.5 Å². The average Bonchev–Trinajstić information content (AvgIpc) is 2.31. The van der Waals surface area contributed by atoms with Crippen molar-refractivity contribution in [2.45, 2.75) is 11.5 Å². The maximum absolute atomic E-state index is 11.9. The van der Waals surface area contributed by atoms with E-state index in [9.17, 15) is 13.2 Å². The van der Waals surface area contributed by atoms with Gasteiger partial charge in [0.1, 0.15) is 5.69 Å². The van der Waals surface area contributed by atoms with Crippen LogP contribution in [0.15, 0.2) is 10.8 Å². The molecule has 62 valence electrons.